The third kappa shape index (κ3) is 2.15. The summed E-state index contributed by atoms with van der Waals surface area (Å²) in [7, 11) is 0. The molecule has 13 heavy (non-hydrogen) atoms. The van der Waals surface area contributed by atoms with Gasteiger partial charge in [0.1, 0.15) is 11.9 Å². The topological polar surface area (TPSA) is 52.8 Å². The maximum Gasteiger partial charge on any atom is 0.161 e. The Hall–Kier alpha value is -1.63. The lowest BCUT2D eigenvalue weighted by Crippen LogP contribution is -2.23. The summed E-state index contributed by atoms with van der Waals surface area (Å²) >= 11 is 0. The van der Waals surface area contributed by atoms with Gasteiger partial charge in [0.05, 0.1) is 12.4 Å². The largest absolute Gasteiger partial charge is 0.356 e. The van der Waals surface area contributed by atoms with E-state index in [4.69, 9.17) is 5.26 Å². The summed E-state index contributed by atoms with van der Waals surface area (Å²) in [5.41, 5.74) is 0.365. The van der Waals surface area contributed by atoms with Crippen LogP contribution in [0.5, 0.6) is 0 Å². The molecule has 4 nitrogen and oxygen atoms in total. The fourth-order valence-corrected chi connectivity index (χ4v) is 1.11. The molecule has 0 aliphatic heterocycles. The molecule has 1 aromatic rings. The Balaban J connectivity index is 2.94. The third-order valence-electron chi connectivity index (χ3n) is 1.82. The van der Waals surface area contributed by atoms with E-state index >= 15 is 0 Å². The predicted molar refractivity (Wildman–Crippen MR) is 50.3 cm³/mol. The van der Waals surface area contributed by atoms with Crippen molar-refractivity contribution in [3.8, 4) is 6.07 Å². The van der Waals surface area contributed by atoms with Gasteiger partial charge in [0.25, 0.3) is 0 Å². The normalized spacial score (nSPS) is 9.31. The average molecular weight is 176 g/mol. The Morgan fingerprint density at radius 1 is 1.38 bits per heavy atom. The van der Waals surface area contributed by atoms with Crippen LogP contribution in [-0.4, -0.2) is 23.1 Å². The molecule has 0 aliphatic carbocycles. The van der Waals surface area contributed by atoms with Gasteiger partial charge in [0.15, 0.2) is 5.69 Å². The first-order valence-corrected chi connectivity index (χ1v) is 4.28. The van der Waals surface area contributed by atoms with Crippen LogP contribution >= 0.6 is 0 Å². The Labute approximate surface area is 77.8 Å². The zero-order valence-corrected chi connectivity index (χ0v) is 7.86. The van der Waals surface area contributed by atoms with Crippen molar-refractivity contribution in [2.75, 3.05) is 18.0 Å². The lowest BCUT2D eigenvalue weighted by Gasteiger charge is -2.18. The maximum absolute atomic E-state index is 8.62. The lowest BCUT2D eigenvalue weighted by molar-refractivity contribution is 0.838. The van der Waals surface area contributed by atoms with Crippen molar-refractivity contribution in [2.45, 2.75) is 13.8 Å². The smallest absolute Gasteiger partial charge is 0.161 e. The summed E-state index contributed by atoms with van der Waals surface area (Å²) in [4.78, 5) is 10.1. The lowest BCUT2D eigenvalue weighted by atomic mass is 10.4. The summed E-state index contributed by atoms with van der Waals surface area (Å²) in [6.07, 6.45) is 3.14. The number of nitriles is 1. The van der Waals surface area contributed by atoms with Crippen molar-refractivity contribution in [3.05, 3.63) is 18.1 Å². The molecule has 0 bridgehead atoms. The zero-order valence-electron chi connectivity index (χ0n) is 7.86. The molecule has 0 aliphatic rings. The first kappa shape index (κ1) is 9.46. The van der Waals surface area contributed by atoms with Gasteiger partial charge in [-0.3, -0.25) is 4.98 Å². The molecule has 0 saturated carbocycles. The standard InChI is InChI=1S/C9H12N4/c1-3-13(4-2)9-7-11-6-8(5-10)12-9/h6-7H,3-4H2,1-2H3. The molecular formula is C9H12N4. The molecule has 0 aromatic carbocycles. The van der Waals surface area contributed by atoms with Crippen LogP contribution in [-0.2, 0) is 0 Å². The molecule has 0 spiro atoms. The van der Waals surface area contributed by atoms with Gasteiger partial charge in [-0.1, -0.05) is 0 Å². The van der Waals surface area contributed by atoms with Crippen molar-refractivity contribution in [3.63, 3.8) is 0 Å². The Kier molecular flexibility index (Phi) is 3.21. The molecule has 1 aromatic heterocycles. The van der Waals surface area contributed by atoms with Gasteiger partial charge in [-0.2, -0.15) is 5.26 Å². The van der Waals surface area contributed by atoms with E-state index in [9.17, 15) is 0 Å². The van der Waals surface area contributed by atoms with E-state index < -0.39 is 0 Å². The highest BCUT2D eigenvalue weighted by Gasteiger charge is 2.03. The van der Waals surface area contributed by atoms with E-state index in [1.807, 2.05) is 24.8 Å². The molecule has 0 radical (unpaired) electrons. The third-order valence-corrected chi connectivity index (χ3v) is 1.82. The van der Waals surface area contributed by atoms with Crippen LogP contribution in [0.3, 0.4) is 0 Å². The monoisotopic (exact) mass is 176 g/mol. The van der Waals surface area contributed by atoms with Gasteiger partial charge in [-0.15, -0.1) is 0 Å². The van der Waals surface area contributed by atoms with Gasteiger partial charge < -0.3 is 4.90 Å². The number of rotatable bonds is 3. The highest BCUT2D eigenvalue weighted by atomic mass is 15.2. The molecule has 0 saturated heterocycles. The minimum absolute atomic E-state index is 0.365. The summed E-state index contributed by atoms with van der Waals surface area (Å²) in [6, 6.07) is 1.97. The first-order valence-electron chi connectivity index (χ1n) is 4.28. The number of nitrogens with zero attached hydrogens (tertiary/aromatic N) is 4. The quantitative estimate of drug-likeness (QED) is 0.694. The van der Waals surface area contributed by atoms with Crippen LogP contribution in [0, 0.1) is 11.3 Å². The molecule has 0 amide bonds. The molecule has 4 heteroatoms. The molecule has 68 valence electrons. The van der Waals surface area contributed by atoms with Crippen molar-refractivity contribution >= 4 is 5.82 Å². The van der Waals surface area contributed by atoms with Gasteiger partial charge in [0, 0.05) is 13.1 Å². The van der Waals surface area contributed by atoms with Crippen molar-refractivity contribution in [1.82, 2.24) is 9.97 Å². The second-order valence-corrected chi connectivity index (χ2v) is 2.55. The molecule has 0 atom stereocenters. The number of anilines is 1. The molecular weight excluding hydrogens is 164 g/mol. The van der Waals surface area contributed by atoms with E-state index in [-0.39, 0.29) is 0 Å². The van der Waals surface area contributed by atoms with Crippen LogP contribution in [0.1, 0.15) is 19.5 Å². The van der Waals surface area contributed by atoms with E-state index in [0.717, 1.165) is 18.9 Å². The van der Waals surface area contributed by atoms with Crippen molar-refractivity contribution in [1.29, 1.82) is 5.26 Å². The molecule has 0 N–H and O–H groups in total. The minimum atomic E-state index is 0.365. The van der Waals surface area contributed by atoms with E-state index in [2.05, 4.69) is 9.97 Å². The van der Waals surface area contributed by atoms with Crippen LogP contribution in [0.25, 0.3) is 0 Å². The summed E-state index contributed by atoms with van der Waals surface area (Å²) in [6.45, 7) is 5.84. The highest BCUT2D eigenvalue weighted by Crippen LogP contribution is 2.07. The number of aromatic nitrogens is 2. The summed E-state index contributed by atoms with van der Waals surface area (Å²) in [5, 5.41) is 8.62. The second kappa shape index (κ2) is 4.41. The fourth-order valence-electron chi connectivity index (χ4n) is 1.11. The molecule has 0 unspecified atom stereocenters. The molecule has 1 rings (SSSR count). The summed E-state index contributed by atoms with van der Waals surface area (Å²) in [5.74, 6) is 0.768. The van der Waals surface area contributed by atoms with Crippen LogP contribution in [0.15, 0.2) is 12.4 Å². The van der Waals surface area contributed by atoms with Crippen LogP contribution in [0.2, 0.25) is 0 Å². The van der Waals surface area contributed by atoms with Gasteiger partial charge in [-0.05, 0) is 13.8 Å². The molecule has 0 fully saturated rings. The van der Waals surface area contributed by atoms with Crippen LogP contribution < -0.4 is 4.90 Å². The van der Waals surface area contributed by atoms with Gasteiger partial charge in [-0.25, -0.2) is 4.98 Å². The van der Waals surface area contributed by atoms with E-state index in [0.29, 0.717) is 5.69 Å². The summed E-state index contributed by atoms with van der Waals surface area (Å²) < 4.78 is 0. The number of hydrogen-bond donors (Lipinski definition) is 0. The Morgan fingerprint density at radius 2 is 2.08 bits per heavy atom. The average Bonchev–Trinajstić information content (AvgIpc) is 2.20. The zero-order chi connectivity index (χ0) is 9.68. The number of hydrogen-bond acceptors (Lipinski definition) is 4. The van der Waals surface area contributed by atoms with Crippen LogP contribution in [0.4, 0.5) is 5.82 Å². The van der Waals surface area contributed by atoms with Gasteiger partial charge >= 0.3 is 0 Å². The first-order chi connectivity index (χ1) is 6.31. The fraction of sp³-hybridized carbons (Fsp3) is 0.444. The Morgan fingerprint density at radius 3 is 2.62 bits per heavy atom. The van der Waals surface area contributed by atoms with Gasteiger partial charge in [0.2, 0.25) is 0 Å². The SMILES string of the molecule is CCN(CC)c1cncc(C#N)n1. The van der Waals surface area contributed by atoms with Crippen molar-refractivity contribution in [2.24, 2.45) is 0 Å². The van der Waals surface area contributed by atoms with Crippen molar-refractivity contribution < 1.29 is 0 Å². The predicted octanol–water partition coefficient (Wildman–Crippen LogP) is 1.19. The minimum Gasteiger partial charge on any atom is -0.356 e. The highest BCUT2D eigenvalue weighted by molar-refractivity contribution is 5.37. The van der Waals surface area contributed by atoms with E-state index in [1.165, 1.54) is 6.20 Å². The maximum atomic E-state index is 8.62. The molecule has 1 heterocycles. The Bertz CT molecular complexity index is 312. The van der Waals surface area contributed by atoms with E-state index in [1.54, 1.807) is 6.20 Å². The second-order valence-electron chi connectivity index (χ2n) is 2.55.